The second-order valence-corrected chi connectivity index (χ2v) is 5.37. The van der Waals surface area contributed by atoms with E-state index in [4.69, 9.17) is 9.84 Å². The summed E-state index contributed by atoms with van der Waals surface area (Å²) in [7, 11) is 0. The molecule has 0 fully saturated rings. The summed E-state index contributed by atoms with van der Waals surface area (Å²) in [6.45, 7) is 5.14. The number of nitrogens with one attached hydrogen (secondary N) is 1. The van der Waals surface area contributed by atoms with Crippen molar-refractivity contribution in [2.45, 2.75) is 45.3 Å². The van der Waals surface area contributed by atoms with Crippen LogP contribution in [0.2, 0.25) is 0 Å². The van der Waals surface area contributed by atoms with Crippen molar-refractivity contribution in [2.75, 3.05) is 0 Å². The molecule has 1 atom stereocenters. The van der Waals surface area contributed by atoms with E-state index in [1.165, 1.54) is 12.3 Å². The minimum atomic E-state index is -1.24. The highest BCUT2D eigenvalue weighted by Gasteiger charge is 2.24. The quantitative estimate of drug-likeness (QED) is 0.751. The molecule has 0 spiro atoms. The third kappa shape index (κ3) is 6.07. The molecular formula is C13H18N2O6. The maximum atomic E-state index is 11.7. The van der Waals surface area contributed by atoms with Gasteiger partial charge in [-0.1, -0.05) is 5.16 Å². The highest BCUT2D eigenvalue weighted by Crippen LogP contribution is 2.10. The number of esters is 1. The van der Waals surface area contributed by atoms with Gasteiger partial charge in [-0.15, -0.1) is 0 Å². The maximum absolute atomic E-state index is 11.7. The smallest absolute Gasteiger partial charge is 0.326 e. The van der Waals surface area contributed by atoms with Crippen LogP contribution in [0, 0.1) is 0 Å². The fourth-order valence-corrected chi connectivity index (χ4v) is 1.47. The van der Waals surface area contributed by atoms with Gasteiger partial charge in [-0.3, -0.25) is 9.59 Å². The Bertz CT molecular complexity index is 503. The fraction of sp³-hybridized carbons (Fsp3) is 0.538. The average Bonchev–Trinajstić information content (AvgIpc) is 2.85. The minimum absolute atomic E-state index is 0.0291. The molecule has 1 rings (SSSR count). The number of aromatic nitrogens is 1. The number of hydrogen-bond donors (Lipinski definition) is 2. The lowest BCUT2D eigenvalue weighted by Crippen LogP contribution is -2.41. The molecule has 1 amide bonds. The molecule has 1 aromatic heterocycles. The molecule has 0 aliphatic carbocycles. The first-order valence-electron chi connectivity index (χ1n) is 6.35. The Labute approximate surface area is 121 Å². The van der Waals surface area contributed by atoms with Crippen LogP contribution in [0.15, 0.2) is 16.9 Å². The number of carboxylic acid groups (broad SMARTS) is 1. The standard InChI is InChI=1S/C13H18N2O6/c1-13(2,3)21-10(16)5-4-9(12(18)19)14-11(17)8-6-7-20-15-8/h6-7,9H,4-5H2,1-3H3,(H,14,17)(H,18,19)/t9-/m1/s1. The number of rotatable bonds is 6. The van der Waals surface area contributed by atoms with E-state index in [1.54, 1.807) is 20.8 Å². The zero-order valence-electron chi connectivity index (χ0n) is 12.1. The molecule has 2 N–H and O–H groups in total. The van der Waals surface area contributed by atoms with Gasteiger partial charge in [0.25, 0.3) is 5.91 Å². The lowest BCUT2D eigenvalue weighted by molar-refractivity contribution is -0.155. The summed E-state index contributed by atoms with van der Waals surface area (Å²) in [5.74, 6) is -2.44. The molecule has 0 bridgehead atoms. The van der Waals surface area contributed by atoms with Crippen molar-refractivity contribution in [3.05, 3.63) is 18.0 Å². The molecule has 0 radical (unpaired) electrons. The second-order valence-electron chi connectivity index (χ2n) is 5.37. The number of ether oxygens (including phenoxy) is 1. The number of carbonyl (C=O) groups is 3. The van der Waals surface area contributed by atoms with Crippen molar-refractivity contribution in [3.8, 4) is 0 Å². The summed E-state index contributed by atoms with van der Waals surface area (Å²) in [5.41, 5.74) is -0.668. The minimum Gasteiger partial charge on any atom is -0.480 e. The van der Waals surface area contributed by atoms with Crippen LogP contribution < -0.4 is 5.32 Å². The van der Waals surface area contributed by atoms with Crippen LogP contribution >= 0.6 is 0 Å². The van der Waals surface area contributed by atoms with E-state index in [-0.39, 0.29) is 18.5 Å². The summed E-state index contributed by atoms with van der Waals surface area (Å²) in [6, 6.07) is 0.101. The zero-order valence-corrected chi connectivity index (χ0v) is 12.1. The third-order valence-corrected chi connectivity index (χ3v) is 2.33. The molecule has 0 saturated carbocycles. The molecule has 0 aromatic carbocycles. The molecule has 1 heterocycles. The molecule has 116 valence electrons. The summed E-state index contributed by atoms with van der Waals surface area (Å²) in [6.07, 6.45) is 1.01. The van der Waals surface area contributed by atoms with Gasteiger partial charge in [-0.25, -0.2) is 4.79 Å². The third-order valence-electron chi connectivity index (χ3n) is 2.33. The zero-order chi connectivity index (χ0) is 16.0. The molecule has 8 heteroatoms. The van der Waals surface area contributed by atoms with E-state index >= 15 is 0 Å². The maximum Gasteiger partial charge on any atom is 0.326 e. The van der Waals surface area contributed by atoms with Gasteiger partial charge in [0.15, 0.2) is 5.69 Å². The summed E-state index contributed by atoms with van der Waals surface area (Å²) in [5, 5.41) is 14.7. The summed E-state index contributed by atoms with van der Waals surface area (Å²) >= 11 is 0. The molecule has 0 unspecified atom stereocenters. The monoisotopic (exact) mass is 298 g/mol. The Kier molecular flexibility index (Phi) is 5.45. The van der Waals surface area contributed by atoms with Crippen LogP contribution in [-0.2, 0) is 14.3 Å². The normalized spacial score (nSPS) is 12.5. The fourth-order valence-electron chi connectivity index (χ4n) is 1.47. The van der Waals surface area contributed by atoms with E-state index in [0.717, 1.165) is 0 Å². The van der Waals surface area contributed by atoms with Gasteiger partial charge in [0.05, 0.1) is 0 Å². The van der Waals surface area contributed by atoms with Crippen LogP contribution in [0.3, 0.4) is 0 Å². The van der Waals surface area contributed by atoms with Crippen molar-refractivity contribution in [1.29, 1.82) is 0 Å². The van der Waals surface area contributed by atoms with Crippen LogP contribution in [0.4, 0.5) is 0 Å². The van der Waals surface area contributed by atoms with Gasteiger partial charge in [0.1, 0.15) is 17.9 Å². The number of hydrogen-bond acceptors (Lipinski definition) is 6. The van der Waals surface area contributed by atoms with E-state index < -0.39 is 29.5 Å². The molecule has 0 aliphatic heterocycles. The summed E-state index contributed by atoms with van der Waals surface area (Å²) in [4.78, 5) is 34.3. The lowest BCUT2D eigenvalue weighted by atomic mass is 10.1. The van der Waals surface area contributed by atoms with Gasteiger partial charge < -0.3 is 19.7 Å². The van der Waals surface area contributed by atoms with Crippen molar-refractivity contribution in [1.82, 2.24) is 10.5 Å². The Balaban J connectivity index is 2.53. The van der Waals surface area contributed by atoms with E-state index in [1.807, 2.05) is 0 Å². The van der Waals surface area contributed by atoms with E-state index in [2.05, 4.69) is 15.0 Å². The lowest BCUT2D eigenvalue weighted by Gasteiger charge is -2.20. The van der Waals surface area contributed by atoms with Gasteiger partial charge >= 0.3 is 11.9 Å². The predicted octanol–water partition coefficient (Wildman–Crippen LogP) is 0.979. The van der Waals surface area contributed by atoms with Gasteiger partial charge in [-0.05, 0) is 27.2 Å². The van der Waals surface area contributed by atoms with E-state index in [0.29, 0.717) is 0 Å². The SMILES string of the molecule is CC(C)(C)OC(=O)CC[C@@H](NC(=O)c1ccon1)C(=O)O. The van der Waals surface area contributed by atoms with Gasteiger partial charge in [0, 0.05) is 12.5 Å². The largest absolute Gasteiger partial charge is 0.480 e. The van der Waals surface area contributed by atoms with Crippen molar-refractivity contribution in [2.24, 2.45) is 0 Å². The Morgan fingerprint density at radius 3 is 2.57 bits per heavy atom. The van der Waals surface area contributed by atoms with Gasteiger partial charge in [-0.2, -0.15) is 0 Å². The number of carbonyl (C=O) groups excluding carboxylic acids is 2. The second kappa shape index (κ2) is 6.87. The highest BCUT2D eigenvalue weighted by molar-refractivity contribution is 5.94. The van der Waals surface area contributed by atoms with E-state index in [9.17, 15) is 14.4 Å². The Hall–Kier alpha value is -2.38. The Morgan fingerprint density at radius 1 is 1.43 bits per heavy atom. The molecule has 0 aliphatic rings. The van der Waals surface area contributed by atoms with Crippen molar-refractivity contribution < 1.29 is 28.8 Å². The molecule has 1 aromatic rings. The average molecular weight is 298 g/mol. The van der Waals surface area contributed by atoms with Crippen LogP contribution in [0.1, 0.15) is 44.1 Å². The Morgan fingerprint density at radius 2 is 2.10 bits per heavy atom. The first-order chi connectivity index (χ1) is 9.69. The first-order valence-corrected chi connectivity index (χ1v) is 6.35. The topological polar surface area (TPSA) is 119 Å². The molecule has 8 nitrogen and oxygen atoms in total. The number of nitrogens with zero attached hydrogens (tertiary/aromatic N) is 1. The number of aliphatic carboxylic acids is 1. The van der Waals surface area contributed by atoms with Crippen LogP contribution in [-0.4, -0.2) is 39.8 Å². The summed E-state index contributed by atoms with van der Waals surface area (Å²) < 4.78 is 9.57. The highest BCUT2D eigenvalue weighted by atomic mass is 16.6. The van der Waals surface area contributed by atoms with Crippen LogP contribution in [0.5, 0.6) is 0 Å². The molecular weight excluding hydrogens is 280 g/mol. The van der Waals surface area contributed by atoms with Crippen LogP contribution in [0.25, 0.3) is 0 Å². The number of amides is 1. The van der Waals surface area contributed by atoms with Crippen molar-refractivity contribution in [3.63, 3.8) is 0 Å². The molecule has 21 heavy (non-hydrogen) atoms. The van der Waals surface area contributed by atoms with Gasteiger partial charge in [0.2, 0.25) is 0 Å². The van der Waals surface area contributed by atoms with Crippen molar-refractivity contribution >= 4 is 17.8 Å². The number of carboxylic acids is 1. The predicted molar refractivity (Wildman–Crippen MR) is 70.5 cm³/mol. The molecule has 0 saturated heterocycles. The first kappa shape index (κ1) is 16.7.